The molecule has 0 fully saturated rings. The van der Waals surface area contributed by atoms with E-state index in [4.69, 9.17) is 10.9 Å². The van der Waals surface area contributed by atoms with Gasteiger partial charge in [0, 0.05) is 30.6 Å². The fourth-order valence-electron chi connectivity index (χ4n) is 2.47. The summed E-state index contributed by atoms with van der Waals surface area (Å²) in [4.78, 5) is 2.11. The third-order valence-corrected chi connectivity index (χ3v) is 4.67. The van der Waals surface area contributed by atoms with E-state index in [1.54, 1.807) is 12.1 Å². The smallest absolute Gasteiger partial charge is 0.238 e. The van der Waals surface area contributed by atoms with Crippen molar-refractivity contribution in [3.05, 3.63) is 36.4 Å². The van der Waals surface area contributed by atoms with Gasteiger partial charge >= 0.3 is 0 Å². The largest absolute Gasteiger partial charge is 0.377 e. The van der Waals surface area contributed by atoms with Gasteiger partial charge in [-0.05, 0) is 25.1 Å². The average Bonchev–Trinajstić information content (AvgIpc) is 2.54. The van der Waals surface area contributed by atoms with Crippen LogP contribution in [0.1, 0.15) is 32.6 Å². The topological polar surface area (TPSA) is 89.4 Å². The summed E-state index contributed by atoms with van der Waals surface area (Å²) >= 11 is 0. The second-order valence-corrected chi connectivity index (χ2v) is 7.45. The van der Waals surface area contributed by atoms with Crippen LogP contribution in [0.2, 0.25) is 0 Å². The Kier molecular flexibility index (Phi) is 8.18. The van der Waals surface area contributed by atoms with E-state index in [9.17, 15) is 8.42 Å². The number of primary sulfonamides is 1. The van der Waals surface area contributed by atoms with E-state index in [1.807, 2.05) is 37.2 Å². The predicted octanol–water partition coefficient (Wildman–Crippen LogP) is 3.08. The average molecular weight is 352 g/mol. The first kappa shape index (κ1) is 20.4. The Morgan fingerprint density at radius 1 is 0.958 bits per heavy atom. The lowest BCUT2D eigenvalue weighted by Gasteiger charge is -2.16. The molecule has 4 N–H and O–H groups in total. The standard InChI is InChI=1S/C12H14N2O2S.C6H15N/c1-14(2)11-7-3-6-10-9(11)5-4-8-12(10)17(13,15)16;1-2-3-4-5-6-7/h3-8H,1-2H3,(H2,13,15,16);2-7H2,1H3. The van der Waals surface area contributed by atoms with Gasteiger partial charge in [0.05, 0.1) is 4.90 Å². The predicted molar refractivity (Wildman–Crippen MR) is 103 cm³/mol. The number of nitrogens with two attached hydrogens (primary N) is 2. The fourth-order valence-corrected chi connectivity index (χ4v) is 3.23. The first-order chi connectivity index (χ1) is 11.3. The van der Waals surface area contributed by atoms with Crippen molar-refractivity contribution in [3.63, 3.8) is 0 Å². The van der Waals surface area contributed by atoms with Crippen molar-refractivity contribution in [2.45, 2.75) is 37.5 Å². The molecule has 134 valence electrons. The number of fused-ring (bicyclic) bond motifs is 1. The molecule has 0 bridgehead atoms. The summed E-state index contributed by atoms with van der Waals surface area (Å²) in [5.41, 5.74) is 6.24. The highest BCUT2D eigenvalue weighted by molar-refractivity contribution is 7.89. The van der Waals surface area contributed by atoms with Crippen molar-refractivity contribution in [3.8, 4) is 0 Å². The van der Waals surface area contributed by atoms with Crippen molar-refractivity contribution in [2.75, 3.05) is 25.5 Å². The molecule has 0 saturated carbocycles. The molecule has 0 unspecified atom stereocenters. The Bertz CT molecular complexity index is 739. The van der Waals surface area contributed by atoms with Gasteiger partial charge in [-0.1, -0.05) is 50.5 Å². The van der Waals surface area contributed by atoms with Crippen molar-refractivity contribution in [2.24, 2.45) is 10.9 Å². The van der Waals surface area contributed by atoms with Crippen LogP contribution in [0.5, 0.6) is 0 Å². The molecule has 0 aliphatic carbocycles. The Hall–Kier alpha value is -1.63. The first-order valence-electron chi connectivity index (χ1n) is 8.24. The SMILES string of the molecule is CCCCCCN.CN(C)c1cccc2c(S(N)(=O)=O)cccc12. The Morgan fingerprint density at radius 3 is 2.12 bits per heavy atom. The quantitative estimate of drug-likeness (QED) is 0.783. The molecule has 2 aromatic rings. The molecule has 6 heteroatoms. The highest BCUT2D eigenvalue weighted by Gasteiger charge is 2.13. The van der Waals surface area contributed by atoms with Gasteiger partial charge in [-0.2, -0.15) is 0 Å². The van der Waals surface area contributed by atoms with Gasteiger partial charge in [0.1, 0.15) is 0 Å². The molecule has 0 heterocycles. The first-order valence-corrected chi connectivity index (χ1v) is 9.79. The highest BCUT2D eigenvalue weighted by Crippen LogP contribution is 2.29. The van der Waals surface area contributed by atoms with Crippen LogP contribution in [0.3, 0.4) is 0 Å². The summed E-state index contributed by atoms with van der Waals surface area (Å²) in [5, 5.41) is 6.74. The summed E-state index contributed by atoms with van der Waals surface area (Å²) in [7, 11) is 0.140. The van der Waals surface area contributed by atoms with Crippen LogP contribution in [0.15, 0.2) is 41.3 Å². The van der Waals surface area contributed by atoms with E-state index < -0.39 is 10.0 Å². The zero-order chi connectivity index (χ0) is 18.2. The molecule has 0 aromatic heterocycles. The highest BCUT2D eigenvalue weighted by atomic mass is 32.2. The maximum Gasteiger partial charge on any atom is 0.238 e. The molecule has 0 amide bonds. The van der Waals surface area contributed by atoms with E-state index in [1.165, 1.54) is 31.7 Å². The molecule has 0 atom stereocenters. The minimum Gasteiger partial charge on any atom is -0.377 e. The molecular weight excluding hydrogens is 322 g/mol. The molecule has 0 aliphatic heterocycles. The summed E-state index contributed by atoms with van der Waals surface area (Å²) in [6, 6.07) is 10.6. The number of hydrogen-bond acceptors (Lipinski definition) is 4. The Morgan fingerprint density at radius 2 is 1.58 bits per heavy atom. The third-order valence-electron chi connectivity index (χ3n) is 3.71. The van der Waals surface area contributed by atoms with E-state index in [2.05, 4.69) is 6.92 Å². The van der Waals surface area contributed by atoms with E-state index in [0.29, 0.717) is 5.39 Å². The van der Waals surface area contributed by atoms with Crippen LogP contribution >= 0.6 is 0 Å². The van der Waals surface area contributed by atoms with Gasteiger partial charge in [0.15, 0.2) is 0 Å². The van der Waals surface area contributed by atoms with Gasteiger partial charge in [-0.3, -0.25) is 0 Å². The summed E-state index contributed by atoms with van der Waals surface area (Å²) < 4.78 is 23.0. The summed E-state index contributed by atoms with van der Waals surface area (Å²) in [5.74, 6) is 0. The van der Waals surface area contributed by atoms with Crippen LogP contribution in [0.4, 0.5) is 5.69 Å². The molecule has 24 heavy (non-hydrogen) atoms. The maximum absolute atomic E-state index is 11.5. The van der Waals surface area contributed by atoms with Gasteiger partial charge in [0.25, 0.3) is 0 Å². The minimum absolute atomic E-state index is 0.165. The molecule has 0 spiro atoms. The number of rotatable bonds is 6. The number of unbranched alkanes of at least 4 members (excludes halogenated alkanes) is 3. The number of sulfonamides is 1. The van der Waals surface area contributed by atoms with E-state index in [0.717, 1.165) is 17.6 Å². The van der Waals surface area contributed by atoms with Crippen LogP contribution < -0.4 is 15.8 Å². The van der Waals surface area contributed by atoms with Crippen LogP contribution in [-0.2, 0) is 10.0 Å². The van der Waals surface area contributed by atoms with Crippen LogP contribution in [-0.4, -0.2) is 29.1 Å². The number of anilines is 1. The van der Waals surface area contributed by atoms with Gasteiger partial charge in [-0.15, -0.1) is 0 Å². The zero-order valence-electron chi connectivity index (χ0n) is 14.8. The lowest BCUT2D eigenvalue weighted by molar-refractivity contribution is 0.598. The molecule has 0 saturated heterocycles. The number of benzene rings is 2. The third kappa shape index (κ3) is 5.78. The molecule has 2 aromatic carbocycles. The maximum atomic E-state index is 11.5. The van der Waals surface area contributed by atoms with Crippen LogP contribution in [0, 0.1) is 0 Å². The molecule has 5 nitrogen and oxygen atoms in total. The Balaban J connectivity index is 0.000000351. The molecule has 2 rings (SSSR count). The lowest BCUT2D eigenvalue weighted by Crippen LogP contribution is -2.13. The van der Waals surface area contributed by atoms with E-state index >= 15 is 0 Å². The molecular formula is C18H29N3O2S. The monoisotopic (exact) mass is 351 g/mol. The fraction of sp³-hybridized carbons (Fsp3) is 0.444. The summed E-state index contributed by atoms with van der Waals surface area (Å²) in [6.45, 7) is 3.07. The molecule has 0 aliphatic rings. The summed E-state index contributed by atoms with van der Waals surface area (Å²) in [6.07, 6.45) is 5.16. The van der Waals surface area contributed by atoms with Crippen molar-refractivity contribution in [1.82, 2.24) is 0 Å². The molecule has 0 radical (unpaired) electrons. The van der Waals surface area contributed by atoms with Gasteiger partial charge in [0.2, 0.25) is 10.0 Å². The minimum atomic E-state index is -3.69. The zero-order valence-corrected chi connectivity index (χ0v) is 15.6. The second kappa shape index (κ2) is 9.61. The normalized spacial score (nSPS) is 11.0. The van der Waals surface area contributed by atoms with Crippen molar-refractivity contribution < 1.29 is 8.42 Å². The van der Waals surface area contributed by atoms with Gasteiger partial charge < -0.3 is 10.6 Å². The second-order valence-electron chi connectivity index (χ2n) is 5.92. The van der Waals surface area contributed by atoms with Crippen LogP contribution in [0.25, 0.3) is 10.8 Å². The van der Waals surface area contributed by atoms with Crippen molar-refractivity contribution >= 4 is 26.5 Å². The lowest BCUT2D eigenvalue weighted by atomic mass is 10.1. The number of nitrogens with zero attached hydrogens (tertiary/aromatic N) is 1. The van der Waals surface area contributed by atoms with Gasteiger partial charge in [-0.25, -0.2) is 13.6 Å². The van der Waals surface area contributed by atoms with Crippen molar-refractivity contribution in [1.29, 1.82) is 0 Å². The number of hydrogen-bond donors (Lipinski definition) is 2. The Labute approximate surface area is 145 Å². The van der Waals surface area contributed by atoms with E-state index in [-0.39, 0.29) is 4.90 Å².